The van der Waals surface area contributed by atoms with Crippen molar-refractivity contribution in [2.24, 2.45) is 0 Å². The molecule has 1 rings (SSSR count). The molecular weight excluding hydrogens is 251 g/mol. The molecule has 0 amide bonds. The zero-order chi connectivity index (χ0) is 8.43. The minimum atomic E-state index is 1.01. The van der Waals surface area contributed by atoms with Gasteiger partial charge < -0.3 is 4.74 Å². The molecule has 0 aliphatic carbocycles. The Labute approximate surface area is 80.9 Å². The van der Waals surface area contributed by atoms with Crippen LogP contribution >= 0.6 is 22.6 Å². The third-order valence-electron chi connectivity index (χ3n) is 1.83. The molecule has 0 N–H and O–H groups in total. The van der Waals surface area contributed by atoms with Crippen LogP contribution in [-0.2, 0) is 0 Å². The summed E-state index contributed by atoms with van der Waals surface area (Å²) < 4.78 is 6.42. The number of benzene rings is 1. The van der Waals surface area contributed by atoms with E-state index in [0.29, 0.717) is 0 Å². The van der Waals surface area contributed by atoms with Crippen LogP contribution in [0.3, 0.4) is 0 Å². The average Bonchev–Trinajstić information content (AvgIpc) is 1.99. The monoisotopic (exact) mass is 262 g/mol. The van der Waals surface area contributed by atoms with Crippen molar-refractivity contribution >= 4 is 22.6 Å². The first-order valence-corrected chi connectivity index (χ1v) is 4.54. The number of ether oxygens (including phenoxy) is 1. The molecule has 0 aliphatic rings. The van der Waals surface area contributed by atoms with Crippen molar-refractivity contribution in [1.82, 2.24) is 0 Å². The number of rotatable bonds is 1. The van der Waals surface area contributed by atoms with Crippen molar-refractivity contribution in [3.63, 3.8) is 0 Å². The van der Waals surface area contributed by atoms with Crippen molar-refractivity contribution < 1.29 is 4.74 Å². The second-order valence-electron chi connectivity index (χ2n) is 2.52. The lowest BCUT2D eigenvalue weighted by Gasteiger charge is -2.08. The summed E-state index contributed by atoms with van der Waals surface area (Å²) in [7, 11) is 1.71. The smallest absolute Gasteiger partial charge is 0.135 e. The summed E-state index contributed by atoms with van der Waals surface area (Å²) in [6, 6.07) is 4.18. The first kappa shape index (κ1) is 8.84. The highest BCUT2D eigenvalue weighted by Crippen LogP contribution is 2.26. The van der Waals surface area contributed by atoms with Crippen LogP contribution in [0.1, 0.15) is 11.1 Å². The predicted octanol–water partition coefficient (Wildman–Crippen LogP) is 2.92. The molecular formula is C9H11IO. The predicted molar refractivity (Wildman–Crippen MR) is 55.2 cm³/mol. The van der Waals surface area contributed by atoms with Gasteiger partial charge in [-0.3, -0.25) is 0 Å². The topological polar surface area (TPSA) is 9.23 Å². The molecule has 1 aromatic carbocycles. The van der Waals surface area contributed by atoms with E-state index in [1.54, 1.807) is 7.11 Å². The van der Waals surface area contributed by atoms with Crippen LogP contribution in [0.15, 0.2) is 12.1 Å². The van der Waals surface area contributed by atoms with E-state index in [1.807, 2.05) is 0 Å². The zero-order valence-electron chi connectivity index (χ0n) is 6.94. The number of hydrogen-bond acceptors (Lipinski definition) is 1. The summed E-state index contributed by atoms with van der Waals surface area (Å²) in [5.74, 6) is 1.01. The second-order valence-corrected chi connectivity index (χ2v) is 3.68. The Kier molecular flexibility index (Phi) is 2.76. The quantitative estimate of drug-likeness (QED) is 0.707. The molecule has 0 heterocycles. The van der Waals surface area contributed by atoms with Crippen LogP contribution < -0.4 is 4.74 Å². The van der Waals surface area contributed by atoms with E-state index >= 15 is 0 Å². The fourth-order valence-corrected chi connectivity index (χ4v) is 1.81. The molecule has 1 aromatic rings. The minimum Gasteiger partial charge on any atom is -0.495 e. The van der Waals surface area contributed by atoms with Crippen molar-refractivity contribution in [2.75, 3.05) is 7.11 Å². The average molecular weight is 262 g/mol. The van der Waals surface area contributed by atoms with E-state index in [0.717, 1.165) is 5.75 Å². The third kappa shape index (κ3) is 1.67. The van der Waals surface area contributed by atoms with Gasteiger partial charge in [0.1, 0.15) is 5.75 Å². The van der Waals surface area contributed by atoms with Crippen molar-refractivity contribution in [2.45, 2.75) is 13.8 Å². The number of methoxy groups -OCH3 is 1. The summed E-state index contributed by atoms with van der Waals surface area (Å²) in [5, 5.41) is 0. The lowest BCUT2D eigenvalue weighted by Crippen LogP contribution is -1.92. The van der Waals surface area contributed by atoms with Crippen molar-refractivity contribution in [3.8, 4) is 5.75 Å². The summed E-state index contributed by atoms with van der Waals surface area (Å²) in [4.78, 5) is 0. The van der Waals surface area contributed by atoms with Crippen molar-refractivity contribution in [1.29, 1.82) is 0 Å². The molecule has 0 aliphatic heterocycles. The van der Waals surface area contributed by atoms with Crippen LogP contribution in [-0.4, -0.2) is 7.11 Å². The van der Waals surface area contributed by atoms with E-state index < -0.39 is 0 Å². The molecule has 0 saturated carbocycles. The maximum atomic E-state index is 5.25. The van der Waals surface area contributed by atoms with Gasteiger partial charge in [-0.15, -0.1) is 0 Å². The molecule has 60 valence electrons. The standard InChI is InChI=1S/C9H11IO/c1-6-4-5-8(10)9(11-3)7(6)2/h4-5H,1-3H3. The summed E-state index contributed by atoms with van der Waals surface area (Å²) in [6.07, 6.45) is 0. The van der Waals surface area contributed by atoms with E-state index in [9.17, 15) is 0 Å². The Bertz CT molecular complexity index is 269. The Hall–Kier alpha value is -0.250. The van der Waals surface area contributed by atoms with Gasteiger partial charge >= 0.3 is 0 Å². The number of hydrogen-bond donors (Lipinski definition) is 0. The SMILES string of the molecule is COc1c(I)ccc(C)c1C. The maximum Gasteiger partial charge on any atom is 0.135 e. The normalized spacial score (nSPS) is 9.82. The van der Waals surface area contributed by atoms with Crippen LogP contribution in [0.2, 0.25) is 0 Å². The van der Waals surface area contributed by atoms with Gasteiger partial charge in [0, 0.05) is 0 Å². The molecule has 1 nitrogen and oxygen atoms in total. The zero-order valence-corrected chi connectivity index (χ0v) is 9.10. The van der Waals surface area contributed by atoms with Crippen LogP contribution in [0.4, 0.5) is 0 Å². The summed E-state index contributed by atoms with van der Waals surface area (Å²) >= 11 is 2.28. The Morgan fingerprint density at radius 2 is 1.91 bits per heavy atom. The van der Waals surface area contributed by atoms with E-state index in [2.05, 4.69) is 48.6 Å². The lowest BCUT2D eigenvalue weighted by atomic mass is 10.1. The Morgan fingerprint density at radius 3 is 2.36 bits per heavy atom. The van der Waals surface area contributed by atoms with Gasteiger partial charge in [-0.2, -0.15) is 0 Å². The third-order valence-corrected chi connectivity index (χ3v) is 2.68. The van der Waals surface area contributed by atoms with Crippen molar-refractivity contribution in [3.05, 3.63) is 26.8 Å². The number of halogens is 1. The van der Waals surface area contributed by atoms with E-state index in [1.165, 1.54) is 14.7 Å². The summed E-state index contributed by atoms with van der Waals surface area (Å²) in [6.45, 7) is 4.17. The van der Waals surface area contributed by atoms with Gasteiger partial charge in [0.05, 0.1) is 10.7 Å². The lowest BCUT2D eigenvalue weighted by molar-refractivity contribution is 0.408. The molecule has 0 atom stereocenters. The highest BCUT2D eigenvalue weighted by molar-refractivity contribution is 14.1. The fourth-order valence-electron chi connectivity index (χ4n) is 1.01. The van der Waals surface area contributed by atoms with Gasteiger partial charge in [0.25, 0.3) is 0 Å². The highest BCUT2D eigenvalue weighted by atomic mass is 127. The van der Waals surface area contributed by atoms with E-state index in [-0.39, 0.29) is 0 Å². The molecule has 2 heteroatoms. The molecule has 0 bridgehead atoms. The first-order valence-electron chi connectivity index (χ1n) is 3.46. The molecule has 11 heavy (non-hydrogen) atoms. The van der Waals surface area contributed by atoms with Gasteiger partial charge in [-0.05, 0) is 53.6 Å². The Morgan fingerprint density at radius 1 is 1.27 bits per heavy atom. The molecule has 0 aromatic heterocycles. The van der Waals surface area contributed by atoms with Crippen LogP contribution in [0, 0.1) is 17.4 Å². The van der Waals surface area contributed by atoms with Gasteiger partial charge in [-0.25, -0.2) is 0 Å². The van der Waals surface area contributed by atoms with Crippen LogP contribution in [0.25, 0.3) is 0 Å². The maximum absolute atomic E-state index is 5.25. The van der Waals surface area contributed by atoms with Crippen LogP contribution in [0.5, 0.6) is 5.75 Å². The second kappa shape index (κ2) is 3.43. The molecule has 0 saturated heterocycles. The van der Waals surface area contributed by atoms with E-state index in [4.69, 9.17) is 4.74 Å². The fraction of sp³-hybridized carbons (Fsp3) is 0.333. The first-order chi connectivity index (χ1) is 5.16. The van der Waals surface area contributed by atoms with Gasteiger partial charge in [0.2, 0.25) is 0 Å². The summed E-state index contributed by atoms with van der Waals surface area (Å²) in [5.41, 5.74) is 2.52. The Balaban J connectivity index is 3.29. The number of aryl methyl sites for hydroxylation is 1. The highest BCUT2D eigenvalue weighted by Gasteiger charge is 2.04. The largest absolute Gasteiger partial charge is 0.495 e. The van der Waals surface area contributed by atoms with Gasteiger partial charge in [-0.1, -0.05) is 6.07 Å². The molecule has 0 fully saturated rings. The minimum absolute atomic E-state index is 1.01. The molecule has 0 unspecified atom stereocenters. The molecule has 0 spiro atoms. The molecule has 0 radical (unpaired) electrons. The van der Waals surface area contributed by atoms with Gasteiger partial charge in [0.15, 0.2) is 0 Å².